The Morgan fingerprint density at radius 3 is 2.59 bits per heavy atom. The largest absolute Gasteiger partial charge is 0.494 e. The average molecular weight is 539 g/mol. The molecule has 166 valence electrons. The van der Waals surface area contributed by atoms with E-state index >= 15 is 0 Å². The normalized spacial score (nSPS) is 16.5. The van der Waals surface area contributed by atoms with Gasteiger partial charge in [0.05, 0.1) is 17.9 Å². The number of ether oxygens (including phenoxy) is 2. The summed E-state index contributed by atoms with van der Waals surface area (Å²) < 4.78 is 34.6. The fraction of sp³-hybridized carbons (Fsp3) is 0.650. The minimum atomic E-state index is -3.19. The first-order valence-corrected chi connectivity index (χ1v) is 11.6. The van der Waals surface area contributed by atoms with Gasteiger partial charge < -0.3 is 20.1 Å². The summed E-state index contributed by atoms with van der Waals surface area (Å²) in [4.78, 5) is 4.62. The van der Waals surface area contributed by atoms with Crippen molar-refractivity contribution in [1.82, 2.24) is 10.6 Å². The highest BCUT2D eigenvalue weighted by atomic mass is 127. The Balaban J connectivity index is 0.00000420. The molecule has 1 heterocycles. The number of halogens is 1. The van der Waals surface area contributed by atoms with Gasteiger partial charge in [-0.25, -0.2) is 13.4 Å². The number of rotatable bonds is 8. The van der Waals surface area contributed by atoms with Crippen LogP contribution in [0.4, 0.5) is 0 Å². The number of hydrogen-bond acceptors (Lipinski definition) is 5. The number of guanidine groups is 1. The standard InChI is InChI=1S/C20H33N3O4S.HI/c1-7-21-19(23-13-20(4,5)28(6,24)25)22-12-16-11-18-15(9-14(3)27-18)10-17(16)26-8-2;/h10-11,14H,7-9,12-13H2,1-6H3,(H2,21,22,23);1H. The van der Waals surface area contributed by atoms with Gasteiger partial charge >= 0.3 is 0 Å². The first-order valence-electron chi connectivity index (χ1n) is 9.74. The quantitative estimate of drug-likeness (QED) is 0.300. The topological polar surface area (TPSA) is 89.0 Å². The van der Waals surface area contributed by atoms with Crippen molar-refractivity contribution in [3.8, 4) is 11.5 Å². The zero-order valence-corrected chi connectivity index (χ0v) is 21.3. The van der Waals surface area contributed by atoms with Crippen molar-refractivity contribution in [2.24, 2.45) is 4.99 Å². The van der Waals surface area contributed by atoms with E-state index < -0.39 is 14.6 Å². The van der Waals surface area contributed by atoms with E-state index in [1.165, 1.54) is 6.26 Å². The Bertz CT molecular complexity index is 825. The van der Waals surface area contributed by atoms with E-state index in [4.69, 9.17) is 9.47 Å². The second-order valence-corrected chi connectivity index (χ2v) is 10.4. The molecule has 29 heavy (non-hydrogen) atoms. The van der Waals surface area contributed by atoms with Gasteiger partial charge in [-0.15, -0.1) is 24.0 Å². The molecule has 0 bridgehead atoms. The lowest BCUT2D eigenvalue weighted by molar-refractivity contribution is 0.254. The average Bonchev–Trinajstić information content (AvgIpc) is 2.95. The third kappa shape index (κ3) is 6.91. The summed E-state index contributed by atoms with van der Waals surface area (Å²) in [6.45, 7) is 11.3. The number of aliphatic imine (C=N–C) groups is 1. The first kappa shape index (κ1) is 25.8. The zero-order chi connectivity index (χ0) is 20.9. The summed E-state index contributed by atoms with van der Waals surface area (Å²) >= 11 is 0. The van der Waals surface area contributed by atoms with E-state index in [1.807, 2.05) is 26.0 Å². The Morgan fingerprint density at radius 2 is 2.00 bits per heavy atom. The van der Waals surface area contributed by atoms with Crippen molar-refractivity contribution in [2.45, 2.75) is 58.4 Å². The van der Waals surface area contributed by atoms with Crippen LogP contribution in [0.2, 0.25) is 0 Å². The van der Waals surface area contributed by atoms with Gasteiger partial charge in [-0.3, -0.25) is 0 Å². The van der Waals surface area contributed by atoms with E-state index in [9.17, 15) is 8.42 Å². The molecule has 9 heteroatoms. The maximum atomic E-state index is 11.9. The Morgan fingerprint density at radius 1 is 1.31 bits per heavy atom. The van der Waals surface area contributed by atoms with Crippen LogP contribution in [-0.4, -0.2) is 51.2 Å². The fourth-order valence-corrected chi connectivity index (χ4v) is 3.16. The molecule has 1 aliphatic rings. The number of hydrogen-bond donors (Lipinski definition) is 2. The third-order valence-corrected chi connectivity index (χ3v) is 6.97. The molecule has 7 nitrogen and oxygen atoms in total. The summed E-state index contributed by atoms with van der Waals surface area (Å²) in [6.07, 6.45) is 2.29. The molecule has 2 N–H and O–H groups in total. The predicted molar refractivity (Wildman–Crippen MR) is 129 cm³/mol. The van der Waals surface area contributed by atoms with E-state index in [2.05, 4.69) is 22.5 Å². The zero-order valence-electron chi connectivity index (χ0n) is 18.2. The Hall–Kier alpha value is -1.23. The van der Waals surface area contributed by atoms with Crippen LogP contribution in [0.25, 0.3) is 0 Å². The van der Waals surface area contributed by atoms with Crippen molar-refractivity contribution in [3.05, 3.63) is 23.3 Å². The molecule has 1 aliphatic heterocycles. The van der Waals surface area contributed by atoms with Crippen LogP contribution in [0.1, 0.15) is 45.7 Å². The van der Waals surface area contributed by atoms with Gasteiger partial charge in [-0.05, 0) is 46.8 Å². The fourth-order valence-electron chi connectivity index (χ4n) is 2.83. The number of nitrogens with zero attached hydrogens (tertiary/aromatic N) is 1. The van der Waals surface area contributed by atoms with E-state index in [1.54, 1.807) is 13.8 Å². The lowest BCUT2D eigenvalue weighted by Gasteiger charge is -2.24. The summed E-state index contributed by atoms with van der Waals surface area (Å²) in [5.74, 6) is 2.27. The van der Waals surface area contributed by atoms with E-state index in [-0.39, 0.29) is 36.6 Å². The number of nitrogens with one attached hydrogen (secondary N) is 2. The van der Waals surface area contributed by atoms with Crippen LogP contribution in [0.15, 0.2) is 17.1 Å². The second-order valence-electron chi connectivity index (χ2n) is 7.71. The highest BCUT2D eigenvalue weighted by Gasteiger charge is 2.30. The summed E-state index contributed by atoms with van der Waals surface area (Å²) in [6, 6.07) is 4.04. The van der Waals surface area contributed by atoms with Gasteiger partial charge in [0.2, 0.25) is 0 Å². The van der Waals surface area contributed by atoms with Crippen molar-refractivity contribution in [3.63, 3.8) is 0 Å². The molecule has 0 saturated carbocycles. The van der Waals surface area contributed by atoms with E-state index in [0.717, 1.165) is 29.0 Å². The van der Waals surface area contributed by atoms with Crippen LogP contribution in [0.3, 0.4) is 0 Å². The van der Waals surface area contributed by atoms with Crippen molar-refractivity contribution in [2.75, 3.05) is 26.0 Å². The molecular formula is C20H34IN3O4S. The van der Waals surface area contributed by atoms with Gasteiger partial charge in [-0.1, -0.05) is 0 Å². The molecule has 1 aromatic carbocycles. The molecule has 1 atom stereocenters. The van der Waals surface area contributed by atoms with Crippen molar-refractivity contribution in [1.29, 1.82) is 0 Å². The number of sulfone groups is 1. The first-order chi connectivity index (χ1) is 13.1. The molecule has 1 unspecified atom stereocenters. The minimum Gasteiger partial charge on any atom is -0.494 e. The van der Waals surface area contributed by atoms with Gasteiger partial charge in [0, 0.05) is 36.9 Å². The molecular weight excluding hydrogens is 505 g/mol. The monoisotopic (exact) mass is 539 g/mol. The molecule has 0 spiro atoms. The van der Waals surface area contributed by atoms with Crippen molar-refractivity contribution >= 4 is 39.8 Å². The Labute approximate surface area is 192 Å². The smallest absolute Gasteiger partial charge is 0.191 e. The number of fused-ring (bicyclic) bond motifs is 1. The molecule has 1 aromatic rings. The summed E-state index contributed by atoms with van der Waals surface area (Å²) in [7, 11) is -3.19. The third-order valence-electron chi connectivity index (χ3n) is 4.82. The lowest BCUT2D eigenvalue weighted by Crippen LogP contribution is -2.47. The second kappa shape index (κ2) is 10.7. The number of benzene rings is 1. The summed E-state index contributed by atoms with van der Waals surface area (Å²) in [5.41, 5.74) is 2.10. The molecule has 0 amide bonds. The van der Waals surface area contributed by atoms with Crippen molar-refractivity contribution < 1.29 is 17.9 Å². The molecule has 0 aliphatic carbocycles. The summed E-state index contributed by atoms with van der Waals surface area (Å²) in [5, 5.41) is 6.30. The molecule has 2 rings (SSSR count). The van der Waals surface area contributed by atoms with Gasteiger partial charge in [0.25, 0.3) is 0 Å². The van der Waals surface area contributed by atoms with Crippen LogP contribution in [-0.2, 0) is 22.8 Å². The van der Waals surface area contributed by atoms with Gasteiger partial charge in [-0.2, -0.15) is 0 Å². The van der Waals surface area contributed by atoms with Crippen LogP contribution >= 0.6 is 24.0 Å². The van der Waals surface area contributed by atoms with Crippen LogP contribution in [0.5, 0.6) is 11.5 Å². The highest BCUT2D eigenvalue weighted by molar-refractivity contribution is 14.0. The lowest BCUT2D eigenvalue weighted by atomic mass is 10.1. The molecule has 0 fully saturated rings. The molecule has 0 aromatic heterocycles. The van der Waals surface area contributed by atoms with Gasteiger partial charge in [0.15, 0.2) is 15.8 Å². The van der Waals surface area contributed by atoms with Crippen LogP contribution in [0, 0.1) is 0 Å². The predicted octanol–water partition coefficient (Wildman–Crippen LogP) is 2.91. The maximum Gasteiger partial charge on any atom is 0.191 e. The van der Waals surface area contributed by atoms with Crippen LogP contribution < -0.4 is 20.1 Å². The molecule has 0 saturated heterocycles. The van der Waals surface area contributed by atoms with E-state index in [0.29, 0.717) is 25.7 Å². The SMILES string of the molecule is CCNC(=NCc1cc2c(cc1OCC)CC(C)O2)NCC(C)(C)S(C)(=O)=O.I. The van der Waals surface area contributed by atoms with Gasteiger partial charge in [0.1, 0.15) is 17.6 Å². The highest BCUT2D eigenvalue weighted by Crippen LogP contribution is 2.35. The Kier molecular flexibility index (Phi) is 9.52. The molecule has 0 radical (unpaired) electrons. The maximum absolute atomic E-state index is 11.9. The minimum absolute atomic E-state index is 0.